The second-order valence-electron chi connectivity index (χ2n) is 26.5. The van der Waals surface area contributed by atoms with E-state index in [1.807, 2.05) is 21.1 Å². The van der Waals surface area contributed by atoms with Gasteiger partial charge in [-0.1, -0.05) is 328 Å². The molecule has 0 bridgehead atoms. The lowest BCUT2D eigenvalue weighted by Gasteiger charge is -2.26. The Hall–Kier alpha value is -6.65. The van der Waals surface area contributed by atoms with E-state index in [9.17, 15) is 19.5 Å². The minimum Gasteiger partial charge on any atom is -0.545 e. The molecule has 0 rings (SSSR count). The van der Waals surface area contributed by atoms with Crippen LogP contribution < -0.4 is 5.11 Å². The number of carbonyl (C=O) groups is 3. The van der Waals surface area contributed by atoms with Gasteiger partial charge in [0.2, 0.25) is 0 Å². The van der Waals surface area contributed by atoms with Gasteiger partial charge in [0, 0.05) is 12.8 Å². The van der Waals surface area contributed by atoms with Gasteiger partial charge >= 0.3 is 11.9 Å². The fourth-order valence-corrected chi connectivity index (χ4v) is 9.97. The molecule has 0 aromatic carbocycles. The second-order valence-corrected chi connectivity index (χ2v) is 26.5. The van der Waals surface area contributed by atoms with Crippen LogP contribution in [0.1, 0.15) is 271 Å². The number of hydrogen-bond acceptors (Lipinski definition) is 8. The zero-order valence-electron chi connectivity index (χ0n) is 64.4. The molecule has 0 aromatic rings. The fraction of sp³-hybridized carbons (Fsp3) is 0.554. The smallest absolute Gasteiger partial charge is 0.306 e. The van der Waals surface area contributed by atoms with E-state index < -0.39 is 24.3 Å². The summed E-state index contributed by atoms with van der Waals surface area (Å²) in [5.74, 6) is -2.33. The number of unbranched alkanes of at least 4 members (excludes halogenated alkanes) is 17. The van der Waals surface area contributed by atoms with Gasteiger partial charge in [0.25, 0.3) is 0 Å². The summed E-state index contributed by atoms with van der Waals surface area (Å²) in [7, 11) is 5.91. The van der Waals surface area contributed by atoms with E-state index in [4.69, 9.17) is 18.9 Å². The fourth-order valence-electron chi connectivity index (χ4n) is 9.97. The Kier molecular flexibility index (Phi) is 73.9. The Bertz CT molecular complexity index is 2520. The molecule has 0 saturated carbocycles. The number of ether oxygens (including phenoxy) is 4. The Morgan fingerprint density at radius 1 is 0.297 bits per heavy atom. The lowest BCUT2D eigenvalue weighted by molar-refractivity contribution is -0.870. The van der Waals surface area contributed by atoms with E-state index >= 15 is 0 Å². The highest BCUT2D eigenvalue weighted by Crippen LogP contribution is 2.15. The van der Waals surface area contributed by atoms with E-state index in [2.05, 4.69) is 245 Å². The maximum atomic E-state index is 13.0. The van der Waals surface area contributed by atoms with Crippen LogP contribution in [-0.4, -0.2) is 82.3 Å². The molecule has 0 heterocycles. The molecule has 564 valence electrons. The van der Waals surface area contributed by atoms with Crippen molar-refractivity contribution < 1.29 is 42.9 Å². The first-order valence-corrected chi connectivity index (χ1v) is 39.5. The SMILES string of the molecule is CC/C=C\C/C=C\C/C=C\C/C=C\C/C=C\C/C=C\C/C=C\C/C=C\C/C=C\C/C=C\C/C=C\CCCCCCCCCC(=O)OC(COC(=O)CCCCCCCCCCCC/C=C\C/C=C\C/C=C\C/C=C\C/C=C\C/C=C\C/C=C\C/C=C\CC)COC(OCC[N+](C)(C)C)C(=O)[O-]. The Balaban J connectivity index is 4.19. The summed E-state index contributed by atoms with van der Waals surface area (Å²) in [6.07, 6.45) is 123. The minimum absolute atomic E-state index is 0.133. The molecule has 0 aromatic heterocycles. The van der Waals surface area contributed by atoms with Crippen LogP contribution in [0.15, 0.2) is 231 Å². The van der Waals surface area contributed by atoms with Crippen molar-refractivity contribution in [1.82, 2.24) is 0 Å². The molecular formula is C92H143NO8. The number of esters is 2. The Morgan fingerprint density at radius 3 is 0.792 bits per heavy atom. The van der Waals surface area contributed by atoms with Gasteiger partial charge in [-0.25, -0.2) is 0 Å². The average Bonchev–Trinajstić information content (AvgIpc) is 1.21. The van der Waals surface area contributed by atoms with Crippen LogP contribution in [0.4, 0.5) is 0 Å². The van der Waals surface area contributed by atoms with Gasteiger partial charge in [0.1, 0.15) is 13.2 Å². The highest BCUT2D eigenvalue weighted by atomic mass is 16.7. The molecule has 9 heteroatoms. The Morgan fingerprint density at radius 2 is 0.535 bits per heavy atom. The van der Waals surface area contributed by atoms with Crippen molar-refractivity contribution in [3.63, 3.8) is 0 Å². The number of nitrogens with zero attached hydrogens (tertiary/aromatic N) is 1. The summed E-state index contributed by atoms with van der Waals surface area (Å²) in [4.78, 5) is 37.6. The van der Waals surface area contributed by atoms with Gasteiger partial charge in [-0.2, -0.15) is 0 Å². The van der Waals surface area contributed by atoms with Crippen molar-refractivity contribution in [2.45, 2.75) is 283 Å². The molecule has 0 amide bonds. The molecule has 0 fully saturated rings. The summed E-state index contributed by atoms with van der Waals surface area (Å²) in [6, 6.07) is 0. The number of quaternary nitrogens is 1. The third-order valence-electron chi connectivity index (χ3n) is 15.9. The monoisotopic (exact) mass is 1390 g/mol. The number of hydrogen-bond donors (Lipinski definition) is 0. The molecule has 101 heavy (non-hydrogen) atoms. The van der Waals surface area contributed by atoms with Crippen molar-refractivity contribution >= 4 is 17.9 Å². The average molecular weight is 1390 g/mol. The van der Waals surface area contributed by atoms with E-state index in [0.29, 0.717) is 17.4 Å². The molecule has 0 aliphatic rings. The van der Waals surface area contributed by atoms with Crippen LogP contribution in [0.3, 0.4) is 0 Å². The quantitative estimate of drug-likeness (QED) is 0.0195. The first kappa shape index (κ1) is 94.4. The van der Waals surface area contributed by atoms with Crippen molar-refractivity contribution in [3.8, 4) is 0 Å². The van der Waals surface area contributed by atoms with Crippen LogP contribution in [-0.2, 0) is 33.3 Å². The highest BCUT2D eigenvalue weighted by Gasteiger charge is 2.22. The number of aliphatic carboxylic acids is 1. The van der Waals surface area contributed by atoms with E-state index in [0.717, 1.165) is 186 Å². The molecule has 0 aliphatic carbocycles. The molecule has 0 radical (unpaired) electrons. The van der Waals surface area contributed by atoms with E-state index in [1.54, 1.807) is 0 Å². The van der Waals surface area contributed by atoms with Crippen molar-refractivity contribution in [3.05, 3.63) is 231 Å². The zero-order chi connectivity index (χ0) is 73.2. The van der Waals surface area contributed by atoms with Gasteiger partial charge in [0.15, 0.2) is 12.4 Å². The summed E-state index contributed by atoms with van der Waals surface area (Å²) in [5.41, 5.74) is 0. The second kappa shape index (κ2) is 79.1. The largest absolute Gasteiger partial charge is 0.545 e. The lowest BCUT2D eigenvalue weighted by Crippen LogP contribution is -2.44. The summed E-state index contributed by atoms with van der Waals surface area (Å²) in [6.45, 7) is 4.48. The first-order chi connectivity index (χ1) is 49.6. The van der Waals surface area contributed by atoms with E-state index in [1.165, 1.54) is 51.4 Å². The molecule has 2 atom stereocenters. The van der Waals surface area contributed by atoms with Crippen LogP contribution in [0.25, 0.3) is 0 Å². The highest BCUT2D eigenvalue weighted by molar-refractivity contribution is 5.70. The third kappa shape index (κ3) is 80.5. The maximum Gasteiger partial charge on any atom is 0.306 e. The van der Waals surface area contributed by atoms with Gasteiger partial charge in [0.05, 0.1) is 40.3 Å². The lowest BCUT2D eigenvalue weighted by atomic mass is 10.1. The molecular weight excluding hydrogens is 1250 g/mol. The summed E-state index contributed by atoms with van der Waals surface area (Å²) in [5, 5.41) is 11.9. The maximum absolute atomic E-state index is 13.0. The van der Waals surface area contributed by atoms with Crippen LogP contribution >= 0.6 is 0 Å². The number of allylic oxidation sites excluding steroid dienone is 38. The van der Waals surface area contributed by atoms with Crippen LogP contribution in [0.5, 0.6) is 0 Å². The van der Waals surface area contributed by atoms with Gasteiger partial charge in [-0.05, 0) is 161 Å². The molecule has 2 unspecified atom stereocenters. The predicted molar refractivity (Wildman–Crippen MR) is 434 cm³/mol. The molecule has 0 spiro atoms. The predicted octanol–water partition coefficient (Wildman–Crippen LogP) is 24.5. The van der Waals surface area contributed by atoms with Crippen molar-refractivity contribution in [1.29, 1.82) is 0 Å². The van der Waals surface area contributed by atoms with Crippen LogP contribution in [0, 0.1) is 0 Å². The summed E-state index contributed by atoms with van der Waals surface area (Å²) >= 11 is 0. The van der Waals surface area contributed by atoms with E-state index in [-0.39, 0.29) is 38.6 Å². The number of carboxylic acid groups (broad SMARTS) is 1. The number of carboxylic acids is 1. The topological polar surface area (TPSA) is 111 Å². The van der Waals surface area contributed by atoms with Crippen LogP contribution in [0.2, 0.25) is 0 Å². The van der Waals surface area contributed by atoms with Crippen molar-refractivity contribution in [2.24, 2.45) is 0 Å². The Labute approximate surface area is 619 Å². The summed E-state index contributed by atoms with van der Waals surface area (Å²) < 4.78 is 22.8. The normalized spacial score (nSPS) is 14.0. The number of likely N-dealkylation sites (N-methyl/N-ethyl adjacent to an activating group) is 1. The van der Waals surface area contributed by atoms with Gasteiger partial charge in [-0.15, -0.1) is 0 Å². The molecule has 0 N–H and O–H groups in total. The first-order valence-electron chi connectivity index (χ1n) is 39.5. The zero-order valence-corrected chi connectivity index (χ0v) is 64.4. The third-order valence-corrected chi connectivity index (χ3v) is 15.9. The number of carbonyl (C=O) groups excluding carboxylic acids is 3. The van der Waals surface area contributed by atoms with Gasteiger partial charge in [-0.3, -0.25) is 9.59 Å². The molecule has 0 aliphatic heterocycles. The standard InChI is InChI=1S/C92H143NO8/c1-6-8-10-12-14-16-18-20-22-24-26-28-30-32-34-36-38-40-42-43-44-45-46-47-49-51-53-55-57-59-61-63-65-67-69-71-73-75-77-79-81-83-90(95)101-88(87-100-92(91(96)97)98-85-84-93(3,4)5)86-99-89(94)82-80-78-76-74-72-70-68-66-64-62-60-58-56-54-52-50-48-41-39-37-35-33-31-29-27-25-23-21-19-17-15-13-11-9-7-2/h8-11,14-17,20-23,26-29,32-35,38-41,43-44,46-47,50-53,56-59,63,65,88,92H,6-7,12-13,18-19,24-25,30-31,36-37,42,45,48-49,54-55,60-62,64,66-87H2,1-5H3/b10-8-,11-9-,16-14-,17-15-,22-20-,23-21-,28-26-,29-27-,34-32-,35-33-,40-38-,41-39-,44-43-,47-46-,52-50-,53-51-,58-56-,59-57-,65-63-. The van der Waals surface area contributed by atoms with Gasteiger partial charge < -0.3 is 33.3 Å². The van der Waals surface area contributed by atoms with Crippen molar-refractivity contribution in [2.75, 3.05) is 47.5 Å². The number of rotatable bonds is 70. The minimum atomic E-state index is -1.64. The molecule has 9 nitrogen and oxygen atoms in total. The molecule has 0 saturated heterocycles.